The van der Waals surface area contributed by atoms with Crippen LogP contribution >= 0.6 is 0 Å². The average Bonchev–Trinajstić information content (AvgIpc) is 2.34. The van der Waals surface area contributed by atoms with Crippen LogP contribution in [0.25, 0.3) is 0 Å². The van der Waals surface area contributed by atoms with Gasteiger partial charge in [0.2, 0.25) is 5.91 Å². The molecule has 0 bridgehead atoms. The van der Waals surface area contributed by atoms with E-state index in [1.165, 1.54) is 5.48 Å². The number of imide groups is 1. The van der Waals surface area contributed by atoms with Gasteiger partial charge < -0.3 is 0 Å². The van der Waals surface area contributed by atoms with Gasteiger partial charge in [-0.3, -0.25) is 14.9 Å². The SMILES string of the molecule is O=C1CCCN1C(=O)NO. The molecule has 0 aromatic carbocycles. The number of carbonyl (C=O) groups excluding carboxylic acids is 2. The molecule has 0 saturated carbocycles. The lowest BCUT2D eigenvalue weighted by atomic mass is 10.4. The van der Waals surface area contributed by atoms with Gasteiger partial charge in [0.15, 0.2) is 0 Å². The third-order valence-electron chi connectivity index (χ3n) is 1.41. The topological polar surface area (TPSA) is 69.6 Å². The summed E-state index contributed by atoms with van der Waals surface area (Å²) in [7, 11) is 0. The first-order valence-electron chi connectivity index (χ1n) is 3.00. The minimum atomic E-state index is -0.734. The van der Waals surface area contributed by atoms with E-state index in [2.05, 4.69) is 0 Å². The summed E-state index contributed by atoms with van der Waals surface area (Å²) in [6.07, 6.45) is 1.08. The van der Waals surface area contributed by atoms with Crippen molar-refractivity contribution in [3.8, 4) is 0 Å². The highest BCUT2D eigenvalue weighted by Gasteiger charge is 2.25. The van der Waals surface area contributed by atoms with Crippen LogP contribution < -0.4 is 5.48 Å². The van der Waals surface area contributed by atoms with E-state index in [4.69, 9.17) is 5.21 Å². The van der Waals surface area contributed by atoms with Crippen molar-refractivity contribution in [2.75, 3.05) is 6.54 Å². The second-order valence-corrected chi connectivity index (χ2v) is 2.07. The molecule has 0 aromatic rings. The Hall–Kier alpha value is -1.10. The zero-order chi connectivity index (χ0) is 7.56. The van der Waals surface area contributed by atoms with Gasteiger partial charge in [-0.1, -0.05) is 0 Å². The molecule has 1 aliphatic rings. The van der Waals surface area contributed by atoms with Crippen LogP contribution in [0, 0.1) is 0 Å². The Bertz CT molecular complexity index is 168. The Labute approximate surface area is 57.6 Å². The largest absolute Gasteiger partial charge is 0.347 e. The second kappa shape index (κ2) is 2.66. The maximum absolute atomic E-state index is 10.7. The van der Waals surface area contributed by atoms with Gasteiger partial charge in [-0.15, -0.1) is 0 Å². The molecule has 0 aromatic heterocycles. The van der Waals surface area contributed by atoms with Crippen LogP contribution in [0.1, 0.15) is 12.8 Å². The molecule has 0 radical (unpaired) electrons. The molecule has 0 unspecified atom stereocenters. The standard InChI is InChI=1S/C5H8N2O3/c8-4-2-1-3-7(4)5(9)6-10/h10H,1-3H2,(H,6,9). The van der Waals surface area contributed by atoms with Crippen LogP contribution in [0.5, 0.6) is 0 Å². The summed E-state index contributed by atoms with van der Waals surface area (Å²) in [5.74, 6) is -0.230. The summed E-state index contributed by atoms with van der Waals surface area (Å²) in [6.45, 7) is 0.408. The molecule has 1 heterocycles. The molecule has 5 nitrogen and oxygen atoms in total. The summed E-state index contributed by atoms with van der Waals surface area (Å²) < 4.78 is 0. The quantitative estimate of drug-likeness (QED) is 0.362. The van der Waals surface area contributed by atoms with Crippen molar-refractivity contribution in [1.82, 2.24) is 10.4 Å². The molecule has 0 atom stereocenters. The van der Waals surface area contributed by atoms with Crippen LogP contribution in [0.3, 0.4) is 0 Å². The predicted molar refractivity (Wildman–Crippen MR) is 31.3 cm³/mol. The minimum absolute atomic E-state index is 0.230. The molecule has 56 valence electrons. The molecule has 0 spiro atoms. The van der Waals surface area contributed by atoms with Gasteiger partial charge in [0.25, 0.3) is 0 Å². The van der Waals surface area contributed by atoms with Crippen LogP contribution in [-0.4, -0.2) is 28.6 Å². The predicted octanol–water partition coefficient (Wildman–Crippen LogP) is -0.292. The van der Waals surface area contributed by atoms with Gasteiger partial charge in [-0.2, -0.15) is 0 Å². The molecule has 3 amide bonds. The van der Waals surface area contributed by atoms with E-state index in [-0.39, 0.29) is 5.91 Å². The summed E-state index contributed by atoms with van der Waals surface area (Å²) >= 11 is 0. The normalized spacial score (nSPS) is 17.7. The summed E-state index contributed by atoms with van der Waals surface area (Å²) in [6, 6.07) is -0.734. The van der Waals surface area contributed by atoms with E-state index >= 15 is 0 Å². The Morgan fingerprint density at radius 1 is 1.70 bits per heavy atom. The molecule has 1 fully saturated rings. The van der Waals surface area contributed by atoms with Crippen molar-refractivity contribution in [1.29, 1.82) is 0 Å². The number of nitrogens with zero attached hydrogens (tertiary/aromatic N) is 1. The van der Waals surface area contributed by atoms with Crippen LogP contribution in [0.15, 0.2) is 0 Å². The summed E-state index contributed by atoms with van der Waals surface area (Å²) in [5.41, 5.74) is 1.40. The molecule has 2 N–H and O–H groups in total. The summed E-state index contributed by atoms with van der Waals surface area (Å²) in [5, 5.41) is 8.12. The molecule has 1 saturated heterocycles. The molecule has 0 aliphatic carbocycles. The van der Waals surface area contributed by atoms with Gasteiger partial charge in [0.1, 0.15) is 0 Å². The number of rotatable bonds is 0. The van der Waals surface area contributed by atoms with Crippen molar-refractivity contribution >= 4 is 11.9 Å². The number of nitrogens with one attached hydrogen (secondary N) is 1. The van der Waals surface area contributed by atoms with Crippen molar-refractivity contribution in [2.24, 2.45) is 0 Å². The maximum atomic E-state index is 10.7. The molecular weight excluding hydrogens is 136 g/mol. The van der Waals surface area contributed by atoms with Gasteiger partial charge in [-0.05, 0) is 6.42 Å². The Morgan fingerprint density at radius 2 is 2.40 bits per heavy atom. The molecule has 1 rings (SSSR count). The monoisotopic (exact) mass is 144 g/mol. The first kappa shape index (κ1) is 7.01. The lowest BCUT2D eigenvalue weighted by Crippen LogP contribution is -2.38. The van der Waals surface area contributed by atoms with Gasteiger partial charge in [0, 0.05) is 13.0 Å². The highest BCUT2D eigenvalue weighted by atomic mass is 16.5. The molecule has 10 heavy (non-hydrogen) atoms. The average molecular weight is 144 g/mol. The van der Waals surface area contributed by atoms with E-state index in [9.17, 15) is 9.59 Å². The van der Waals surface area contributed by atoms with E-state index in [0.29, 0.717) is 19.4 Å². The number of carbonyl (C=O) groups is 2. The minimum Gasteiger partial charge on any atom is -0.287 e. The van der Waals surface area contributed by atoms with Gasteiger partial charge in [0.05, 0.1) is 0 Å². The fourth-order valence-electron chi connectivity index (χ4n) is 0.923. The number of amides is 3. The number of hydrogen-bond acceptors (Lipinski definition) is 3. The second-order valence-electron chi connectivity index (χ2n) is 2.07. The Morgan fingerprint density at radius 3 is 2.80 bits per heavy atom. The molecular formula is C5H8N2O3. The first-order valence-corrected chi connectivity index (χ1v) is 3.00. The van der Waals surface area contributed by atoms with Crippen molar-refractivity contribution in [3.05, 3.63) is 0 Å². The lowest BCUT2D eigenvalue weighted by molar-refractivity contribution is -0.125. The zero-order valence-electron chi connectivity index (χ0n) is 5.33. The lowest BCUT2D eigenvalue weighted by Gasteiger charge is -2.10. The van der Waals surface area contributed by atoms with E-state index in [0.717, 1.165) is 4.90 Å². The van der Waals surface area contributed by atoms with Crippen LogP contribution in [-0.2, 0) is 4.79 Å². The van der Waals surface area contributed by atoms with Crippen molar-refractivity contribution < 1.29 is 14.8 Å². The highest BCUT2D eigenvalue weighted by Crippen LogP contribution is 2.08. The number of likely N-dealkylation sites (tertiary alicyclic amines) is 1. The Kier molecular flexibility index (Phi) is 1.86. The zero-order valence-corrected chi connectivity index (χ0v) is 5.33. The fraction of sp³-hybridized carbons (Fsp3) is 0.600. The van der Waals surface area contributed by atoms with Crippen molar-refractivity contribution in [3.63, 3.8) is 0 Å². The third-order valence-corrected chi connectivity index (χ3v) is 1.41. The van der Waals surface area contributed by atoms with Gasteiger partial charge in [-0.25, -0.2) is 10.3 Å². The fourth-order valence-corrected chi connectivity index (χ4v) is 0.923. The highest BCUT2D eigenvalue weighted by molar-refractivity contribution is 5.95. The summed E-state index contributed by atoms with van der Waals surface area (Å²) in [4.78, 5) is 22.3. The van der Waals surface area contributed by atoms with Crippen LogP contribution in [0.2, 0.25) is 0 Å². The molecule has 5 heteroatoms. The first-order chi connectivity index (χ1) is 4.75. The number of hydroxylamine groups is 1. The number of urea groups is 1. The van der Waals surface area contributed by atoms with Crippen molar-refractivity contribution in [2.45, 2.75) is 12.8 Å². The third kappa shape index (κ3) is 1.08. The van der Waals surface area contributed by atoms with E-state index in [1.54, 1.807) is 0 Å². The smallest absolute Gasteiger partial charge is 0.287 e. The molecule has 1 aliphatic heterocycles. The van der Waals surface area contributed by atoms with E-state index < -0.39 is 6.03 Å². The maximum Gasteiger partial charge on any atom is 0.347 e. The Balaban J connectivity index is 2.55. The van der Waals surface area contributed by atoms with Gasteiger partial charge >= 0.3 is 6.03 Å². The van der Waals surface area contributed by atoms with Crippen LogP contribution in [0.4, 0.5) is 4.79 Å². The number of hydrogen-bond donors (Lipinski definition) is 2. The van der Waals surface area contributed by atoms with E-state index in [1.807, 2.05) is 0 Å².